The average molecular weight is 318 g/mol. The Balaban J connectivity index is 1.97. The van der Waals surface area contributed by atoms with Crippen molar-refractivity contribution in [1.82, 2.24) is 0 Å². The van der Waals surface area contributed by atoms with Gasteiger partial charge in [-0.05, 0) is 39.9 Å². The lowest BCUT2D eigenvalue weighted by molar-refractivity contribution is 0.580. The largest absolute Gasteiger partial charge is 0.382 e. The van der Waals surface area contributed by atoms with Crippen LogP contribution in [0.2, 0.25) is 0 Å². The molecule has 0 radical (unpaired) electrons. The number of thiophene rings is 1. The number of halogens is 3. The number of benzene rings is 1. The molecule has 0 aliphatic carbocycles. The van der Waals surface area contributed by atoms with E-state index in [4.69, 9.17) is 0 Å². The van der Waals surface area contributed by atoms with Crippen molar-refractivity contribution in [3.8, 4) is 0 Å². The van der Waals surface area contributed by atoms with Crippen LogP contribution in [0.25, 0.3) is 0 Å². The highest BCUT2D eigenvalue weighted by atomic mass is 79.9. The monoisotopic (exact) mass is 317 g/mol. The minimum absolute atomic E-state index is 0.262. The van der Waals surface area contributed by atoms with E-state index in [1.807, 2.05) is 17.5 Å². The van der Waals surface area contributed by atoms with Gasteiger partial charge in [-0.15, -0.1) is 11.3 Å². The van der Waals surface area contributed by atoms with Crippen LogP contribution in [0.4, 0.5) is 14.5 Å². The van der Waals surface area contributed by atoms with Crippen LogP contribution in [0.1, 0.15) is 4.88 Å². The highest BCUT2D eigenvalue weighted by Gasteiger charge is 2.07. The van der Waals surface area contributed by atoms with E-state index < -0.39 is 11.6 Å². The van der Waals surface area contributed by atoms with Crippen LogP contribution < -0.4 is 5.32 Å². The van der Waals surface area contributed by atoms with Gasteiger partial charge in [0, 0.05) is 17.5 Å². The Bertz CT molecular complexity index is 499. The van der Waals surface area contributed by atoms with Gasteiger partial charge < -0.3 is 5.32 Å². The smallest absolute Gasteiger partial charge is 0.149 e. The number of anilines is 1. The molecule has 1 nitrogen and oxygen atoms in total. The molecule has 0 aliphatic rings. The van der Waals surface area contributed by atoms with E-state index in [2.05, 4.69) is 21.2 Å². The van der Waals surface area contributed by atoms with Gasteiger partial charge in [-0.1, -0.05) is 6.07 Å². The quantitative estimate of drug-likeness (QED) is 0.822. The zero-order valence-corrected chi connectivity index (χ0v) is 11.2. The molecule has 2 aromatic rings. The molecule has 0 spiro atoms. The molecule has 0 fully saturated rings. The van der Waals surface area contributed by atoms with Crippen molar-refractivity contribution in [3.05, 3.63) is 50.6 Å². The minimum Gasteiger partial charge on any atom is -0.382 e. The van der Waals surface area contributed by atoms with Crippen molar-refractivity contribution in [2.24, 2.45) is 0 Å². The lowest BCUT2D eigenvalue weighted by Crippen LogP contribution is -2.06. The fraction of sp³-hybridized carbons (Fsp3) is 0.167. The Morgan fingerprint density at radius 1 is 1.24 bits per heavy atom. The van der Waals surface area contributed by atoms with Gasteiger partial charge in [0.2, 0.25) is 0 Å². The molecule has 0 saturated carbocycles. The fourth-order valence-corrected chi connectivity index (χ4v) is 2.49. The molecule has 90 valence electrons. The summed E-state index contributed by atoms with van der Waals surface area (Å²) in [4.78, 5) is 1.24. The SMILES string of the molecule is Fc1cc(F)c(NCCc2cccs2)cc1Br. The zero-order valence-electron chi connectivity index (χ0n) is 8.84. The first-order valence-corrected chi connectivity index (χ1v) is 6.75. The molecule has 0 aliphatic heterocycles. The number of hydrogen-bond donors (Lipinski definition) is 1. The van der Waals surface area contributed by atoms with Gasteiger partial charge in [-0.3, -0.25) is 0 Å². The molecule has 1 aromatic heterocycles. The van der Waals surface area contributed by atoms with E-state index in [9.17, 15) is 8.78 Å². The van der Waals surface area contributed by atoms with Gasteiger partial charge in [-0.25, -0.2) is 8.78 Å². The number of hydrogen-bond acceptors (Lipinski definition) is 2. The van der Waals surface area contributed by atoms with Crippen molar-refractivity contribution in [3.63, 3.8) is 0 Å². The first-order valence-electron chi connectivity index (χ1n) is 5.07. The summed E-state index contributed by atoms with van der Waals surface area (Å²) in [5.74, 6) is -1.16. The predicted octanol–water partition coefficient (Wildman–Crippen LogP) is 4.44. The topological polar surface area (TPSA) is 12.0 Å². The van der Waals surface area contributed by atoms with E-state index >= 15 is 0 Å². The highest BCUT2D eigenvalue weighted by Crippen LogP contribution is 2.23. The van der Waals surface area contributed by atoms with Crippen LogP contribution in [-0.4, -0.2) is 6.54 Å². The molecule has 17 heavy (non-hydrogen) atoms. The normalized spacial score (nSPS) is 10.5. The van der Waals surface area contributed by atoms with E-state index in [0.29, 0.717) is 12.2 Å². The summed E-state index contributed by atoms with van der Waals surface area (Å²) < 4.78 is 26.6. The second-order valence-electron chi connectivity index (χ2n) is 3.50. The molecule has 1 aromatic carbocycles. The lowest BCUT2D eigenvalue weighted by atomic mass is 10.2. The van der Waals surface area contributed by atoms with E-state index in [-0.39, 0.29) is 4.47 Å². The maximum Gasteiger partial charge on any atom is 0.149 e. The van der Waals surface area contributed by atoms with E-state index in [1.54, 1.807) is 11.3 Å². The number of rotatable bonds is 4. The summed E-state index contributed by atoms with van der Waals surface area (Å²) in [5, 5.41) is 4.96. The van der Waals surface area contributed by atoms with Crippen molar-refractivity contribution in [2.45, 2.75) is 6.42 Å². The first-order chi connectivity index (χ1) is 8.16. The van der Waals surface area contributed by atoms with Gasteiger partial charge in [0.15, 0.2) is 0 Å². The summed E-state index contributed by atoms with van der Waals surface area (Å²) in [7, 11) is 0. The summed E-state index contributed by atoms with van der Waals surface area (Å²) in [6.07, 6.45) is 0.825. The Kier molecular flexibility index (Phi) is 4.12. The van der Waals surface area contributed by atoms with Crippen molar-refractivity contribution < 1.29 is 8.78 Å². The Morgan fingerprint density at radius 3 is 2.76 bits per heavy atom. The molecule has 1 N–H and O–H groups in total. The molecule has 1 heterocycles. The molecule has 0 bridgehead atoms. The molecular weight excluding hydrogens is 308 g/mol. The predicted molar refractivity (Wildman–Crippen MR) is 70.6 cm³/mol. The minimum atomic E-state index is -0.591. The molecule has 0 amide bonds. The summed E-state index contributed by atoms with van der Waals surface area (Å²) in [6.45, 7) is 0.621. The van der Waals surface area contributed by atoms with Crippen LogP contribution in [0.5, 0.6) is 0 Å². The Labute approximate surface area is 111 Å². The van der Waals surface area contributed by atoms with Crippen LogP contribution in [0.15, 0.2) is 34.1 Å². The Hall–Kier alpha value is -0.940. The third-order valence-corrected chi connectivity index (χ3v) is 3.82. The van der Waals surface area contributed by atoms with Gasteiger partial charge in [0.25, 0.3) is 0 Å². The van der Waals surface area contributed by atoms with Crippen LogP contribution in [0.3, 0.4) is 0 Å². The standard InChI is InChI=1S/C12H10BrF2NS/c13-9-6-12(11(15)7-10(9)14)16-4-3-8-2-1-5-17-8/h1-2,5-7,16H,3-4H2. The second-order valence-corrected chi connectivity index (χ2v) is 5.39. The maximum atomic E-state index is 13.4. The maximum absolute atomic E-state index is 13.4. The third-order valence-electron chi connectivity index (χ3n) is 2.28. The van der Waals surface area contributed by atoms with E-state index in [0.717, 1.165) is 12.5 Å². The second kappa shape index (κ2) is 5.60. The molecule has 2 rings (SSSR count). The molecule has 0 atom stereocenters. The molecule has 5 heteroatoms. The summed E-state index contributed by atoms with van der Waals surface area (Å²) in [5.41, 5.74) is 0.315. The molecular formula is C12H10BrF2NS. The summed E-state index contributed by atoms with van der Waals surface area (Å²) >= 11 is 4.70. The van der Waals surface area contributed by atoms with Crippen LogP contribution in [0, 0.1) is 11.6 Å². The van der Waals surface area contributed by atoms with Gasteiger partial charge >= 0.3 is 0 Å². The molecule has 0 unspecified atom stereocenters. The summed E-state index contributed by atoms with van der Waals surface area (Å²) in [6, 6.07) is 6.30. The van der Waals surface area contributed by atoms with Crippen LogP contribution >= 0.6 is 27.3 Å². The first kappa shape index (κ1) is 12.5. The van der Waals surface area contributed by atoms with Gasteiger partial charge in [0.05, 0.1) is 10.2 Å². The number of nitrogens with one attached hydrogen (secondary N) is 1. The Morgan fingerprint density at radius 2 is 2.06 bits per heavy atom. The van der Waals surface area contributed by atoms with Crippen molar-refractivity contribution in [2.75, 3.05) is 11.9 Å². The highest BCUT2D eigenvalue weighted by molar-refractivity contribution is 9.10. The van der Waals surface area contributed by atoms with E-state index in [1.165, 1.54) is 10.9 Å². The van der Waals surface area contributed by atoms with Gasteiger partial charge in [0.1, 0.15) is 11.6 Å². The van der Waals surface area contributed by atoms with Crippen molar-refractivity contribution >= 4 is 33.0 Å². The third kappa shape index (κ3) is 3.26. The van der Waals surface area contributed by atoms with Crippen molar-refractivity contribution in [1.29, 1.82) is 0 Å². The zero-order chi connectivity index (χ0) is 12.3. The van der Waals surface area contributed by atoms with Gasteiger partial charge in [-0.2, -0.15) is 0 Å². The molecule has 0 saturated heterocycles. The van der Waals surface area contributed by atoms with Crippen LogP contribution in [-0.2, 0) is 6.42 Å². The lowest BCUT2D eigenvalue weighted by Gasteiger charge is -2.07. The fourth-order valence-electron chi connectivity index (χ4n) is 1.43. The average Bonchev–Trinajstić information content (AvgIpc) is 2.78.